The molecule has 2 aromatic rings. The fraction of sp³-hybridized carbons (Fsp3) is 0.400. The van der Waals surface area contributed by atoms with Crippen LogP contribution in [0.1, 0.15) is 18.5 Å². The summed E-state index contributed by atoms with van der Waals surface area (Å²) in [7, 11) is 0. The minimum absolute atomic E-state index is 0.0366. The van der Waals surface area contributed by atoms with Gasteiger partial charge < -0.3 is 15.5 Å². The number of nitrogens with two attached hydrogens (primary N) is 1. The molecule has 0 saturated carbocycles. The lowest BCUT2D eigenvalue weighted by Gasteiger charge is -2.37. The van der Waals surface area contributed by atoms with Crippen molar-refractivity contribution in [3.05, 3.63) is 39.8 Å². The van der Waals surface area contributed by atoms with Gasteiger partial charge in [-0.2, -0.15) is 0 Å². The third-order valence-corrected chi connectivity index (χ3v) is 5.12. The van der Waals surface area contributed by atoms with Crippen LogP contribution in [0.15, 0.2) is 34.2 Å². The van der Waals surface area contributed by atoms with E-state index in [0.717, 1.165) is 35.8 Å². The zero-order valence-electron chi connectivity index (χ0n) is 12.0. The number of hydrogen-bond acceptors (Lipinski definition) is 5. The van der Waals surface area contributed by atoms with Gasteiger partial charge in [-0.1, -0.05) is 15.9 Å². The Bertz CT molecular complexity index is 592. The van der Waals surface area contributed by atoms with Crippen LogP contribution < -0.4 is 15.5 Å². The normalized spacial score (nSPS) is 17.1. The molecule has 1 saturated heterocycles. The first kappa shape index (κ1) is 14.8. The Morgan fingerprint density at radius 2 is 1.95 bits per heavy atom. The summed E-state index contributed by atoms with van der Waals surface area (Å²) >= 11 is 5.24. The van der Waals surface area contributed by atoms with Crippen molar-refractivity contribution in [2.45, 2.75) is 13.0 Å². The predicted molar refractivity (Wildman–Crippen MR) is 93.3 cm³/mol. The van der Waals surface area contributed by atoms with Crippen LogP contribution in [0, 0.1) is 0 Å². The molecule has 21 heavy (non-hydrogen) atoms. The van der Waals surface area contributed by atoms with Crippen LogP contribution in [0.5, 0.6) is 0 Å². The molecular formula is C15H19BrN4S. The van der Waals surface area contributed by atoms with Gasteiger partial charge in [0.2, 0.25) is 0 Å². The van der Waals surface area contributed by atoms with Crippen LogP contribution >= 0.6 is 27.3 Å². The van der Waals surface area contributed by atoms with Gasteiger partial charge in [-0.05, 0) is 30.7 Å². The summed E-state index contributed by atoms with van der Waals surface area (Å²) in [5.74, 6) is 0. The van der Waals surface area contributed by atoms with E-state index in [4.69, 9.17) is 5.73 Å². The molecule has 1 aromatic heterocycles. The average molecular weight is 367 g/mol. The lowest BCUT2D eigenvalue weighted by Crippen LogP contribution is -2.47. The first-order valence-electron chi connectivity index (χ1n) is 7.09. The van der Waals surface area contributed by atoms with Gasteiger partial charge in [-0.15, -0.1) is 11.3 Å². The fourth-order valence-corrected chi connectivity index (χ4v) is 3.76. The van der Waals surface area contributed by atoms with Crippen molar-refractivity contribution >= 4 is 38.1 Å². The standard InChI is InChI=1S/C15H19BrN4S/c1-11(17)13-10-12(16)2-3-14(13)19-5-7-20(8-6-19)15-18-4-9-21-15/h2-4,9-11H,5-8,17H2,1H3. The molecule has 1 aliphatic rings. The van der Waals surface area contributed by atoms with Gasteiger partial charge in [0.05, 0.1) is 0 Å². The molecule has 1 aliphatic heterocycles. The Labute approximate surface area is 137 Å². The topological polar surface area (TPSA) is 45.4 Å². The van der Waals surface area contributed by atoms with E-state index < -0.39 is 0 Å². The first-order chi connectivity index (χ1) is 10.1. The molecule has 0 aliphatic carbocycles. The highest BCUT2D eigenvalue weighted by Crippen LogP contribution is 2.30. The molecule has 6 heteroatoms. The average Bonchev–Trinajstić information content (AvgIpc) is 3.01. The fourth-order valence-electron chi connectivity index (χ4n) is 2.69. The van der Waals surface area contributed by atoms with Crippen molar-refractivity contribution in [3.63, 3.8) is 0 Å². The Morgan fingerprint density at radius 3 is 2.57 bits per heavy atom. The van der Waals surface area contributed by atoms with Crippen LogP contribution in [0.25, 0.3) is 0 Å². The summed E-state index contributed by atoms with van der Waals surface area (Å²) in [5, 5.41) is 3.16. The number of anilines is 2. The van der Waals surface area contributed by atoms with E-state index in [0.29, 0.717) is 0 Å². The van der Waals surface area contributed by atoms with Crippen LogP contribution in [-0.2, 0) is 0 Å². The van der Waals surface area contributed by atoms with E-state index in [1.807, 2.05) is 18.5 Å². The number of halogens is 1. The predicted octanol–water partition coefficient (Wildman–Crippen LogP) is 3.25. The Kier molecular flexibility index (Phi) is 4.47. The number of rotatable bonds is 3. The van der Waals surface area contributed by atoms with Crippen molar-refractivity contribution in [2.24, 2.45) is 5.73 Å². The number of aromatic nitrogens is 1. The SMILES string of the molecule is CC(N)c1cc(Br)ccc1N1CCN(c2nccs2)CC1. The molecule has 4 nitrogen and oxygen atoms in total. The third kappa shape index (κ3) is 3.22. The van der Waals surface area contributed by atoms with Gasteiger partial charge in [0.1, 0.15) is 0 Å². The van der Waals surface area contributed by atoms with E-state index in [-0.39, 0.29) is 6.04 Å². The van der Waals surface area contributed by atoms with Gasteiger partial charge in [0.15, 0.2) is 5.13 Å². The Morgan fingerprint density at radius 1 is 1.24 bits per heavy atom. The van der Waals surface area contributed by atoms with E-state index >= 15 is 0 Å². The molecule has 0 amide bonds. The quantitative estimate of drug-likeness (QED) is 0.905. The van der Waals surface area contributed by atoms with E-state index in [1.54, 1.807) is 11.3 Å². The second-order valence-electron chi connectivity index (χ2n) is 5.28. The molecule has 0 radical (unpaired) electrons. The molecule has 0 bridgehead atoms. The van der Waals surface area contributed by atoms with Gasteiger partial charge in [-0.3, -0.25) is 0 Å². The molecule has 1 atom stereocenters. The lowest BCUT2D eigenvalue weighted by molar-refractivity contribution is 0.646. The number of benzene rings is 1. The van der Waals surface area contributed by atoms with Crippen molar-refractivity contribution < 1.29 is 0 Å². The first-order valence-corrected chi connectivity index (χ1v) is 8.77. The number of nitrogens with zero attached hydrogens (tertiary/aromatic N) is 3. The maximum atomic E-state index is 6.13. The zero-order valence-corrected chi connectivity index (χ0v) is 14.4. The minimum atomic E-state index is 0.0366. The summed E-state index contributed by atoms with van der Waals surface area (Å²) in [6.45, 7) is 6.04. The Balaban J connectivity index is 1.75. The maximum Gasteiger partial charge on any atom is 0.185 e. The largest absolute Gasteiger partial charge is 0.368 e. The summed E-state index contributed by atoms with van der Waals surface area (Å²) in [5.41, 5.74) is 8.59. The highest BCUT2D eigenvalue weighted by atomic mass is 79.9. The van der Waals surface area contributed by atoms with Gasteiger partial charge in [0, 0.05) is 54.0 Å². The maximum absolute atomic E-state index is 6.13. The van der Waals surface area contributed by atoms with E-state index in [2.05, 4.69) is 48.9 Å². The van der Waals surface area contributed by atoms with Crippen molar-refractivity contribution in [3.8, 4) is 0 Å². The minimum Gasteiger partial charge on any atom is -0.368 e. The second-order valence-corrected chi connectivity index (χ2v) is 7.07. The highest BCUT2D eigenvalue weighted by molar-refractivity contribution is 9.10. The molecule has 112 valence electrons. The van der Waals surface area contributed by atoms with E-state index in [1.165, 1.54) is 11.3 Å². The molecule has 0 spiro atoms. The monoisotopic (exact) mass is 366 g/mol. The molecule has 2 heterocycles. The van der Waals surface area contributed by atoms with Crippen molar-refractivity contribution in [1.29, 1.82) is 0 Å². The smallest absolute Gasteiger partial charge is 0.185 e. The zero-order chi connectivity index (χ0) is 14.8. The van der Waals surface area contributed by atoms with Crippen LogP contribution in [0.4, 0.5) is 10.8 Å². The molecule has 1 unspecified atom stereocenters. The van der Waals surface area contributed by atoms with Gasteiger partial charge >= 0.3 is 0 Å². The van der Waals surface area contributed by atoms with Crippen LogP contribution in [-0.4, -0.2) is 31.2 Å². The van der Waals surface area contributed by atoms with Gasteiger partial charge in [-0.25, -0.2) is 4.98 Å². The van der Waals surface area contributed by atoms with Crippen LogP contribution in [0.3, 0.4) is 0 Å². The number of hydrogen-bond donors (Lipinski definition) is 1. The Hall–Kier alpha value is -1.11. The summed E-state index contributed by atoms with van der Waals surface area (Å²) in [4.78, 5) is 9.17. The van der Waals surface area contributed by atoms with Crippen LogP contribution in [0.2, 0.25) is 0 Å². The molecule has 3 rings (SSSR count). The molecular weight excluding hydrogens is 348 g/mol. The molecule has 1 aromatic carbocycles. The molecule has 1 fully saturated rings. The highest BCUT2D eigenvalue weighted by Gasteiger charge is 2.21. The lowest BCUT2D eigenvalue weighted by atomic mass is 10.1. The summed E-state index contributed by atoms with van der Waals surface area (Å²) in [6, 6.07) is 6.43. The van der Waals surface area contributed by atoms with Gasteiger partial charge in [0.25, 0.3) is 0 Å². The van der Waals surface area contributed by atoms with Crippen molar-refractivity contribution in [2.75, 3.05) is 36.0 Å². The number of thiazole rings is 1. The number of piperazine rings is 1. The second kappa shape index (κ2) is 6.34. The third-order valence-electron chi connectivity index (χ3n) is 3.79. The summed E-state index contributed by atoms with van der Waals surface area (Å²) in [6.07, 6.45) is 1.87. The molecule has 2 N–H and O–H groups in total. The summed E-state index contributed by atoms with van der Waals surface area (Å²) < 4.78 is 1.08. The van der Waals surface area contributed by atoms with Crippen molar-refractivity contribution in [1.82, 2.24) is 4.98 Å². The van der Waals surface area contributed by atoms with E-state index in [9.17, 15) is 0 Å².